The first-order valence-corrected chi connectivity index (χ1v) is 17.8. The Morgan fingerprint density at radius 3 is 1.22 bits per heavy atom. The van der Waals surface area contributed by atoms with Gasteiger partial charge in [-0.05, 0) is 111 Å². The van der Waals surface area contributed by atoms with Crippen molar-refractivity contribution in [3.05, 3.63) is 214 Å². The second kappa shape index (κ2) is 17.4. The van der Waals surface area contributed by atoms with Crippen molar-refractivity contribution >= 4 is 42.4 Å². The summed E-state index contributed by atoms with van der Waals surface area (Å²) in [5.74, 6) is 1.69. The fourth-order valence-corrected chi connectivity index (χ4v) is 10.8. The van der Waals surface area contributed by atoms with E-state index in [2.05, 4.69) is 172 Å². The van der Waals surface area contributed by atoms with Gasteiger partial charge in [0.15, 0.2) is 0 Å². The second-order valence-corrected chi connectivity index (χ2v) is 15.0. The Labute approximate surface area is 285 Å². The quantitative estimate of drug-likeness (QED) is 0.116. The van der Waals surface area contributed by atoms with Crippen LogP contribution in [0.4, 0.5) is 0 Å². The molecule has 0 N–H and O–H groups in total. The minimum absolute atomic E-state index is 0. The van der Waals surface area contributed by atoms with Crippen LogP contribution >= 0.6 is 15.8 Å². The van der Waals surface area contributed by atoms with E-state index < -0.39 is 15.8 Å². The molecule has 2 aliphatic carbocycles. The van der Waals surface area contributed by atoms with Crippen molar-refractivity contribution in [3.8, 4) is 0 Å². The molecule has 220 valence electrons. The van der Waals surface area contributed by atoms with Crippen molar-refractivity contribution in [3.63, 3.8) is 0 Å². The molecule has 0 spiro atoms. The van der Waals surface area contributed by atoms with Crippen LogP contribution in [0.1, 0.15) is 18.4 Å². The largest absolute Gasteiger partial charge is 2.00 e. The summed E-state index contributed by atoms with van der Waals surface area (Å²) in [7, 11) is -1.34. The molecule has 0 bridgehead atoms. The Balaban J connectivity index is 0.000000609. The third kappa shape index (κ3) is 8.45. The van der Waals surface area contributed by atoms with Gasteiger partial charge >= 0.3 is 17.1 Å². The molecule has 5 aromatic rings. The molecule has 10 radical (unpaired) electrons. The van der Waals surface area contributed by atoms with E-state index in [4.69, 9.17) is 0 Å². The van der Waals surface area contributed by atoms with Gasteiger partial charge in [0.2, 0.25) is 0 Å². The Bertz CT molecular complexity index is 1450. The summed E-state index contributed by atoms with van der Waals surface area (Å²) in [6.07, 6.45) is 17.0. The van der Waals surface area contributed by atoms with Gasteiger partial charge in [0.25, 0.3) is 0 Å². The Hall–Kier alpha value is -2.52. The van der Waals surface area contributed by atoms with Crippen molar-refractivity contribution in [2.24, 2.45) is 0 Å². The van der Waals surface area contributed by atoms with Crippen molar-refractivity contribution < 1.29 is 17.1 Å². The molecule has 0 nitrogen and oxygen atoms in total. The zero-order chi connectivity index (χ0) is 30.0. The minimum atomic E-state index is -0.682. The van der Waals surface area contributed by atoms with E-state index in [1.165, 1.54) is 43.7 Å². The van der Waals surface area contributed by atoms with Crippen LogP contribution in [0, 0.1) is 62.9 Å². The molecule has 0 heterocycles. The van der Waals surface area contributed by atoms with E-state index in [9.17, 15) is 0 Å². The smallest absolute Gasteiger partial charge is 0.0622 e. The Morgan fingerprint density at radius 1 is 0.400 bits per heavy atom. The molecule has 0 aliphatic heterocycles. The summed E-state index contributed by atoms with van der Waals surface area (Å²) in [5.41, 5.74) is 2.87. The number of benzene rings is 5. The molecule has 5 aromatic carbocycles. The summed E-state index contributed by atoms with van der Waals surface area (Å²) < 4.78 is 0. The summed E-state index contributed by atoms with van der Waals surface area (Å²) in [6, 6.07) is 53.2. The third-order valence-electron chi connectivity index (χ3n) is 7.79. The van der Waals surface area contributed by atoms with Gasteiger partial charge in [-0.1, -0.05) is 153 Å². The Morgan fingerprint density at radius 2 is 0.778 bits per heavy atom. The van der Waals surface area contributed by atoms with Gasteiger partial charge in [-0.15, -0.1) is 0 Å². The molecule has 2 saturated carbocycles. The standard InChI is InChI=1S/C37H31P2.C5H5.Fe/c1-29(35-26-16-28-37(35)39(32-21-10-4-11-22-32)33-23-12-5-13-24-33)34-25-14-15-27-36(34)38(30-17-6-2-7-18-30)31-19-8-3-9-20-31;1-2-4-5-3-1;/h2-29H,1H3;1-5H;/q;;+2/t29-;;/m1../s1. The van der Waals surface area contributed by atoms with Crippen LogP contribution in [-0.2, 0) is 17.1 Å². The van der Waals surface area contributed by atoms with E-state index in [0.717, 1.165) is 0 Å². The average Bonchev–Trinajstić information content (AvgIpc) is 3.84. The van der Waals surface area contributed by atoms with Crippen LogP contribution in [0.3, 0.4) is 0 Å². The fourth-order valence-electron chi connectivity index (χ4n) is 5.70. The van der Waals surface area contributed by atoms with Gasteiger partial charge in [-0.25, -0.2) is 0 Å². The maximum absolute atomic E-state index is 2.39. The zero-order valence-electron chi connectivity index (χ0n) is 25.3. The van der Waals surface area contributed by atoms with Crippen molar-refractivity contribution in [2.75, 3.05) is 0 Å². The molecule has 0 amide bonds. The van der Waals surface area contributed by atoms with Crippen LogP contribution < -0.4 is 26.5 Å². The maximum atomic E-state index is 2.39. The molecule has 45 heavy (non-hydrogen) atoms. The number of hydrogen-bond donors (Lipinski definition) is 0. The first-order valence-electron chi connectivity index (χ1n) is 15.1. The SMILES string of the molecule is C[C@@H]([C]1[CH][CH][CH][C]1P(c1ccccc1)c1ccccc1)c1ccccc1P(c1ccccc1)c1ccccc1.[CH]1[CH][CH][CH][CH]1.[Fe+2]. The van der Waals surface area contributed by atoms with Crippen LogP contribution in [0.15, 0.2) is 146 Å². The summed E-state index contributed by atoms with van der Waals surface area (Å²) in [4.78, 5) is 0. The fraction of sp³-hybridized carbons (Fsp3) is 0.0476. The van der Waals surface area contributed by atoms with Gasteiger partial charge in [0, 0.05) is 5.66 Å². The third-order valence-corrected chi connectivity index (χ3v) is 12.8. The average molecular weight is 659 g/mol. The predicted octanol–water partition coefficient (Wildman–Crippen LogP) is 8.43. The maximum Gasteiger partial charge on any atom is 2.00 e. The molecule has 2 aliphatic rings. The summed E-state index contributed by atoms with van der Waals surface area (Å²) in [6.45, 7) is 2.39. The zero-order valence-corrected chi connectivity index (χ0v) is 28.2. The first-order chi connectivity index (χ1) is 21.8. The van der Waals surface area contributed by atoms with Gasteiger partial charge in [0.05, 0.1) is 0 Å². The van der Waals surface area contributed by atoms with Crippen LogP contribution in [0.5, 0.6) is 0 Å². The first kappa shape index (κ1) is 33.8. The van der Waals surface area contributed by atoms with Crippen molar-refractivity contribution in [1.82, 2.24) is 0 Å². The molecular weight excluding hydrogens is 622 g/mol. The van der Waals surface area contributed by atoms with E-state index >= 15 is 0 Å². The summed E-state index contributed by atoms with van der Waals surface area (Å²) >= 11 is 0. The molecule has 0 aromatic heterocycles. The van der Waals surface area contributed by atoms with Gasteiger partial charge in [-0.3, -0.25) is 0 Å². The molecule has 1 atom stereocenters. The Kier molecular flexibility index (Phi) is 13.1. The van der Waals surface area contributed by atoms with E-state index in [-0.39, 0.29) is 23.0 Å². The minimum Gasteiger partial charge on any atom is -0.0622 e. The van der Waals surface area contributed by atoms with Gasteiger partial charge < -0.3 is 0 Å². The van der Waals surface area contributed by atoms with Gasteiger partial charge in [0.1, 0.15) is 0 Å². The molecular formula is C42H36FeP2+2. The number of rotatable bonds is 8. The van der Waals surface area contributed by atoms with Gasteiger partial charge in [-0.2, -0.15) is 0 Å². The van der Waals surface area contributed by atoms with E-state index in [0.29, 0.717) is 0 Å². The molecule has 0 saturated heterocycles. The van der Waals surface area contributed by atoms with Crippen LogP contribution in [-0.4, -0.2) is 0 Å². The molecule has 7 rings (SSSR count). The van der Waals surface area contributed by atoms with Crippen molar-refractivity contribution in [1.29, 1.82) is 0 Å². The number of hydrogen-bond acceptors (Lipinski definition) is 0. The van der Waals surface area contributed by atoms with Crippen LogP contribution in [0.2, 0.25) is 0 Å². The van der Waals surface area contributed by atoms with E-state index in [1.807, 2.05) is 32.1 Å². The molecule has 2 fully saturated rings. The van der Waals surface area contributed by atoms with E-state index in [1.54, 1.807) is 0 Å². The van der Waals surface area contributed by atoms with Crippen molar-refractivity contribution in [2.45, 2.75) is 12.8 Å². The molecule has 3 heteroatoms. The van der Waals surface area contributed by atoms with Crippen LogP contribution in [0.25, 0.3) is 0 Å². The normalized spacial score (nSPS) is 15.8. The monoisotopic (exact) mass is 658 g/mol. The topological polar surface area (TPSA) is 0 Å². The second-order valence-electron chi connectivity index (χ2n) is 10.6. The predicted molar refractivity (Wildman–Crippen MR) is 194 cm³/mol. The molecule has 0 unspecified atom stereocenters. The summed E-state index contributed by atoms with van der Waals surface area (Å²) in [5, 5.41) is 6.99.